The molecule has 2 aliphatic heterocycles. The maximum Gasteiger partial charge on any atom is 0.331 e. The summed E-state index contributed by atoms with van der Waals surface area (Å²) in [5.41, 5.74) is 6.49. The molecule has 6 aliphatic rings. The SMILES string of the molecule is CCc1cccc(C)c1N1Cc2cnc(Nc3ccc(N4CCN(C)CC4)cc3)nc2N(C23CC4CC(CC(C4)C2)C3)C1=O. The van der Waals surface area contributed by atoms with E-state index in [1.54, 1.807) is 0 Å². The summed E-state index contributed by atoms with van der Waals surface area (Å²) in [6.07, 6.45) is 10.1. The van der Waals surface area contributed by atoms with Crippen molar-refractivity contribution in [3.8, 4) is 0 Å². The van der Waals surface area contributed by atoms with Crippen LogP contribution in [-0.2, 0) is 13.0 Å². The van der Waals surface area contributed by atoms with Crippen LogP contribution < -0.4 is 20.0 Å². The van der Waals surface area contributed by atoms with Gasteiger partial charge < -0.3 is 15.1 Å². The number of carbonyl (C=O) groups is 1. The molecule has 9 rings (SSSR count). The number of aryl methyl sites for hydroxylation is 2. The van der Waals surface area contributed by atoms with Crippen LogP contribution in [0.2, 0.25) is 0 Å². The normalized spacial score (nSPS) is 28.0. The molecule has 8 heteroatoms. The lowest BCUT2D eigenvalue weighted by Crippen LogP contribution is -2.65. The molecule has 4 saturated carbocycles. The molecule has 8 nitrogen and oxygen atoms in total. The maximum absolute atomic E-state index is 14.9. The van der Waals surface area contributed by atoms with Crippen molar-refractivity contribution in [2.45, 2.75) is 70.9 Å². The molecule has 4 aliphatic carbocycles. The summed E-state index contributed by atoms with van der Waals surface area (Å²) < 4.78 is 0. The average Bonchev–Trinajstić information content (AvgIpc) is 3.01. The van der Waals surface area contributed by atoms with Crippen LogP contribution in [0.5, 0.6) is 0 Å². The number of likely N-dealkylation sites (N-methyl/N-ethyl adjacent to an activating group) is 1. The summed E-state index contributed by atoms with van der Waals surface area (Å²) in [5.74, 6) is 3.52. The van der Waals surface area contributed by atoms with Crippen molar-refractivity contribution in [3.05, 3.63) is 65.4 Å². The number of nitrogens with one attached hydrogen (secondary N) is 1. The molecule has 230 valence electrons. The molecule has 5 fully saturated rings. The lowest BCUT2D eigenvalue weighted by atomic mass is 9.52. The monoisotopic (exact) mass is 591 g/mol. The number of carbonyl (C=O) groups excluding carboxylic acids is 1. The minimum absolute atomic E-state index is 0.0876. The first kappa shape index (κ1) is 27.9. The summed E-state index contributed by atoms with van der Waals surface area (Å²) in [5, 5.41) is 3.47. The van der Waals surface area contributed by atoms with E-state index < -0.39 is 0 Å². The number of amides is 2. The Morgan fingerprint density at radius 3 is 2.27 bits per heavy atom. The number of nitrogens with zero attached hydrogens (tertiary/aromatic N) is 6. The van der Waals surface area contributed by atoms with E-state index in [0.29, 0.717) is 12.5 Å². The number of piperazine rings is 1. The number of urea groups is 1. The van der Waals surface area contributed by atoms with E-state index in [-0.39, 0.29) is 11.6 Å². The highest BCUT2D eigenvalue weighted by molar-refractivity contribution is 6.07. The van der Waals surface area contributed by atoms with Gasteiger partial charge in [-0.05, 0) is 112 Å². The number of fused-ring (bicyclic) bond motifs is 1. The van der Waals surface area contributed by atoms with Crippen LogP contribution in [0.25, 0.3) is 0 Å². The molecule has 3 heterocycles. The number of anilines is 5. The molecule has 1 aromatic heterocycles. The lowest BCUT2D eigenvalue weighted by Gasteiger charge is -2.61. The fraction of sp³-hybridized carbons (Fsp3) is 0.528. The van der Waals surface area contributed by atoms with Crippen molar-refractivity contribution in [2.75, 3.05) is 53.2 Å². The highest BCUT2D eigenvalue weighted by Gasteiger charge is 2.57. The maximum atomic E-state index is 14.9. The Morgan fingerprint density at radius 1 is 0.932 bits per heavy atom. The molecule has 2 aromatic carbocycles. The lowest BCUT2D eigenvalue weighted by molar-refractivity contribution is -0.000910. The number of rotatable bonds is 6. The van der Waals surface area contributed by atoms with Crippen molar-refractivity contribution >= 4 is 34.9 Å². The van der Waals surface area contributed by atoms with E-state index in [1.165, 1.54) is 30.5 Å². The predicted molar refractivity (Wildman–Crippen MR) is 177 cm³/mol. The fourth-order valence-corrected chi connectivity index (χ4v) is 9.49. The number of benzene rings is 2. The summed E-state index contributed by atoms with van der Waals surface area (Å²) >= 11 is 0. The van der Waals surface area contributed by atoms with Gasteiger partial charge in [0.05, 0.1) is 17.8 Å². The van der Waals surface area contributed by atoms with Crippen molar-refractivity contribution in [1.29, 1.82) is 0 Å². The minimum Gasteiger partial charge on any atom is -0.369 e. The van der Waals surface area contributed by atoms with Gasteiger partial charge in [0, 0.05) is 49.3 Å². The van der Waals surface area contributed by atoms with Crippen LogP contribution in [0.1, 0.15) is 62.1 Å². The topological polar surface area (TPSA) is 67.8 Å². The first-order valence-corrected chi connectivity index (χ1v) is 16.8. The molecule has 3 aromatic rings. The Labute approximate surface area is 261 Å². The first-order valence-electron chi connectivity index (χ1n) is 16.8. The van der Waals surface area contributed by atoms with Gasteiger partial charge in [0.1, 0.15) is 5.82 Å². The van der Waals surface area contributed by atoms with E-state index in [4.69, 9.17) is 9.97 Å². The Morgan fingerprint density at radius 2 is 1.61 bits per heavy atom. The molecule has 44 heavy (non-hydrogen) atoms. The van der Waals surface area contributed by atoms with Crippen LogP contribution in [0.3, 0.4) is 0 Å². The van der Waals surface area contributed by atoms with Gasteiger partial charge in [0.15, 0.2) is 0 Å². The molecule has 0 unspecified atom stereocenters. The van der Waals surface area contributed by atoms with Crippen LogP contribution in [-0.4, -0.2) is 59.7 Å². The Hall–Kier alpha value is -3.65. The first-order chi connectivity index (χ1) is 21.4. The zero-order valence-corrected chi connectivity index (χ0v) is 26.4. The van der Waals surface area contributed by atoms with Crippen LogP contribution in [0.15, 0.2) is 48.7 Å². The zero-order chi connectivity index (χ0) is 30.0. The standard InChI is InChI=1S/C36H45N7O/c1-4-28-7-5-6-24(2)32(28)42-23-29-22-37-34(38-30-8-10-31(11-9-30)41-14-12-40(3)13-15-41)39-33(29)43(35(42)44)36-19-25-16-26(20-36)18-27(17-25)21-36/h5-11,22,25-27H,4,12-21,23H2,1-3H3,(H,37,38,39). The van der Waals surface area contributed by atoms with Gasteiger partial charge in [0.25, 0.3) is 0 Å². The Kier molecular flexibility index (Phi) is 6.81. The number of hydrogen-bond acceptors (Lipinski definition) is 6. The zero-order valence-electron chi connectivity index (χ0n) is 26.4. The van der Waals surface area contributed by atoms with Crippen molar-refractivity contribution in [1.82, 2.24) is 14.9 Å². The van der Waals surface area contributed by atoms with E-state index in [0.717, 1.165) is 97.9 Å². The van der Waals surface area contributed by atoms with Gasteiger partial charge in [-0.1, -0.05) is 25.1 Å². The smallest absolute Gasteiger partial charge is 0.331 e. The van der Waals surface area contributed by atoms with Crippen LogP contribution in [0, 0.1) is 24.7 Å². The molecular weight excluding hydrogens is 546 g/mol. The summed E-state index contributed by atoms with van der Waals surface area (Å²) in [6, 6.07) is 15.1. The predicted octanol–water partition coefficient (Wildman–Crippen LogP) is 6.76. The van der Waals surface area contributed by atoms with Gasteiger partial charge in [-0.3, -0.25) is 9.80 Å². The van der Waals surface area contributed by atoms with Gasteiger partial charge >= 0.3 is 6.03 Å². The van der Waals surface area contributed by atoms with E-state index in [2.05, 4.69) is 83.4 Å². The van der Waals surface area contributed by atoms with Gasteiger partial charge in [-0.25, -0.2) is 9.78 Å². The molecule has 1 N–H and O–H groups in total. The Bertz CT molecular complexity index is 1530. The van der Waals surface area contributed by atoms with Crippen molar-refractivity contribution in [3.63, 3.8) is 0 Å². The Balaban J connectivity index is 1.14. The van der Waals surface area contributed by atoms with Gasteiger partial charge in [-0.15, -0.1) is 0 Å². The van der Waals surface area contributed by atoms with Crippen molar-refractivity contribution in [2.24, 2.45) is 17.8 Å². The van der Waals surface area contributed by atoms with E-state index in [1.807, 2.05) is 11.1 Å². The highest BCUT2D eigenvalue weighted by Crippen LogP contribution is 2.59. The molecule has 0 spiro atoms. The summed E-state index contributed by atoms with van der Waals surface area (Å²) in [6.45, 7) is 9.07. The summed E-state index contributed by atoms with van der Waals surface area (Å²) in [7, 11) is 2.18. The second-order valence-corrected chi connectivity index (χ2v) is 14.3. The molecule has 4 bridgehead atoms. The average molecular weight is 592 g/mol. The van der Waals surface area contributed by atoms with Crippen LogP contribution in [0.4, 0.5) is 33.6 Å². The molecule has 2 amide bonds. The third-order valence-electron chi connectivity index (χ3n) is 11.2. The quantitative estimate of drug-likeness (QED) is 0.342. The van der Waals surface area contributed by atoms with Crippen molar-refractivity contribution < 1.29 is 4.79 Å². The molecule has 0 atom stereocenters. The number of hydrogen-bond donors (Lipinski definition) is 1. The summed E-state index contributed by atoms with van der Waals surface area (Å²) in [4.78, 5) is 33.8. The number of aromatic nitrogens is 2. The third kappa shape index (κ3) is 4.73. The highest BCUT2D eigenvalue weighted by atomic mass is 16.2. The van der Waals surface area contributed by atoms with Gasteiger partial charge in [-0.2, -0.15) is 4.98 Å². The van der Waals surface area contributed by atoms with Crippen LogP contribution >= 0.6 is 0 Å². The second-order valence-electron chi connectivity index (χ2n) is 14.3. The number of para-hydroxylation sites is 1. The second kappa shape index (κ2) is 10.8. The molecule has 1 saturated heterocycles. The van der Waals surface area contributed by atoms with Gasteiger partial charge in [0.2, 0.25) is 5.95 Å². The molecule has 0 radical (unpaired) electrons. The fourth-order valence-electron chi connectivity index (χ4n) is 9.49. The third-order valence-corrected chi connectivity index (χ3v) is 11.2. The van der Waals surface area contributed by atoms with E-state index in [9.17, 15) is 4.79 Å². The minimum atomic E-state index is -0.163. The van der Waals surface area contributed by atoms with E-state index >= 15 is 0 Å². The largest absolute Gasteiger partial charge is 0.369 e. The molecular formula is C36H45N7O.